The van der Waals surface area contributed by atoms with Crippen LogP contribution in [0, 0.1) is 0 Å². The fourth-order valence-corrected chi connectivity index (χ4v) is 6.09. The summed E-state index contributed by atoms with van der Waals surface area (Å²) in [6.07, 6.45) is 6.93. The van der Waals surface area contributed by atoms with Crippen molar-refractivity contribution >= 4 is 0 Å². The molecule has 0 aromatic heterocycles. The van der Waals surface area contributed by atoms with E-state index < -0.39 is 0 Å². The lowest BCUT2D eigenvalue weighted by atomic mass is 9.80. The predicted octanol–water partition coefficient (Wildman–Crippen LogP) is 13.8. The van der Waals surface area contributed by atoms with E-state index in [2.05, 4.69) is 168 Å². The van der Waals surface area contributed by atoms with E-state index in [1.54, 1.807) is 0 Å². The number of ether oxygens (including phenoxy) is 4. The SMILES string of the molecule is CC(C)(C)c1cc(OCc2ccc(OCCCCCCCCOc3ccc(COc4cc(C(C)(C)C)cc(C(C)(C)C)c4)cc3)cc2)cc(C(C)(C)C)c1. The van der Waals surface area contributed by atoms with Crippen molar-refractivity contribution in [3.05, 3.63) is 118 Å². The highest BCUT2D eigenvalue weighted by Gasteiger charge is 2.22. The average Bonchev–Trinajstić information content (AvgIpc) is 3.10. The van der Waals surface area contributed by atoms with Crippen molar-refractivity contribution in [1.82, 2.24) is 0 Å². The fraction of sp³-hybridized carbons (Fsp3) is 0.520. The molecule has 0 aliphatic heterocycles. The molecule has 4 nitrogen and oxygen atoms in total. The number of hydrogen-bond acceptors (Lipinski definition) is 4. The minimum Gasteiger partial charge on any atom is -0.494 e. The van der Waals surface area contributed by atoms with Crippen molar-refractivity contribution in [2.45, 2.75) is 156 Å². The van der Waals surface area contributed by atoms with Crippen LogP contribution in [0.4, 0.5) is 0 Å². The topological polar surface area (TPSA) is 36.9 Å². The minimum atomic E-state index is 0.0671. The van der Waals surface area contributed by atoms with Crippen LogP contribution < -0.4 is 18.9 Å². The Morgan fingerprint density at radius 2 is 0.593 bits per heavy atom. The fourth-order valence-electron chi connectivity index (χ4n) is 6.09. The van der Waals surface area contributed by atoms with Crippen LogP contribution in [-0.2, 0) is 34.9 Å². The second-order valence-electron chi connectivity index (χ2n) is 19.2. The van der Waals surface area contributed by atoms with E-state index in [-0.39, 0.29) is 21.7 Å². The summed E-state index contributed by atoms with van der Waals surface area (Å²) in [5.74, 6) is 3.70. The molecule has 54 heavy (non-hydrogen) atoms. The van der Waals surface area contributed by atoms with Crippen LogP contribution in [0.2, 0.25) is 0 Å². The lowest BCUT2D eigenvalue weighted by Crippen LogP contribution is -2.16. The molecule has 0 amide bonds. The molecule has 0 aliphatic rings. The van der Waals surface area contributed by atoms with Crippen molar-refractivity contribution in [2.75, 3.05) is 13.2 Å². The van der Waals surface area contributed by atoms with Crippen LogP contribution in [0.25, 0.3) is 0 Å². The van der Waals surface area contributed by atoms with Crippen molar-refractivity contribution in [3.63, 3.8) is 0 Å². The zero-order chi connectivity index (χ0) is 39.6. The first-order valence-electron chi connectivity index (χ1n) is 20.3. The molecule has 4 rings (SSSR count). The van der Waals surface area contributed by atoms with Gasteiger partial charge in [-0.3, -0.25) is 0 Å². The molecule has 0 saturated heterocycles. The molecule has 0 unspecified atom stereocenters. The van der Waals surface area contributed by atoms with Gasteiger partial charge in [0.2, 0.25) is 0 Å². The third-order valence-corrected chi connectivity index (χ3v) is 10.0. The normalized spacial score (nSPS) is 12.4. The molecule has 0 spiro atoms. The Kier molecular flexibility index (Phi) is 14.8. The van der Waals surface area contributed by atoms with E-state index >= 15 is 0 Å². The molecule has 0 atom stereocenters. The monoisotopic (exact) mass is 735 g/mol. The zero-order valence-corrected chi connectivity index (χ0v) is 35.8. The molecular formula is C50H70O4. The Morgan fingerprint density at radius 3 is 0.870 bits per heavy atom. The largest absolute Gasteiger partial charge is 0.494 e. The molecule has 4 aromatic rings. The van der Waals surface area contributed by atoms with Gasteiger partial charge in [-0.1, -0.05) is 145 Å². The summed E-state index contributed by atoms with van der Waals surface area (Å²) in [5, 5.41) is 0. The maximum Gasteiger partial charge on any atom is 0.120 e. The van der Waals surface area contributed by atoms with Crippen LogP contribution in [0.3, 0.4) is 0 Å². The Morgan fingerprint density at radius 1 is 0.315 bits per heavy atom. The molecule has 0 N–H and O–H groups in total. The summed E-state index contributed by atoms with van der Waals surface area (Å²) in [7, 11) is 0. The Labute approximate surface area is 329 Å². The van der Waals surface area contributed by atoms with Gasteiger partial charge in [-0.2, -0.15) is 0 Å². The summed E-state index contributed by atoms with van der Waals surface area (Å²) in [5.41, 5.74) is 7.75. The van der Waals surface area contributed by atoms with E-state index in [1.807, 2.05) is 0 Å². The molecule has 0 bridgehead atoms. The van der Waals surface area contributed by atoms with E-state index in [0.29, 0.717) is 13.2 Å². The highest BCUT2D eigenvalue weighted by atomic mass is 16.5. The smallest absolute Gasteiger partial charge is 0.120 e. The molecule has 0 radical (unpaired) electrons. The summed E-state index contributed by atoms with van der Waals surface area (Å²) in [6, 6.07) is 30.0. The molecular weight excluding hydrogens is 665 g/mol. The lowest BCUT2D eigenvalue weighted by molar-refractivity contribution is 0.294. The Hall–Kier alpha value is -3.92. The highest BCUT2D eigenvalue weighted by Crippen LogP contribution is 2.35. The quantitative estimate of drug-likeness (QED) is 0.101. The van der Waals surface area contributed by atoms with Gasteiger partial charge < -0.3 is 18.9 Å². The van der Waals surface area contributed by atoms with Gasteiger partial charge in [0.15, 0.2) is 0 Å². The lowest BCUT2D eigenvalue weighted by Gasteiger charge is -2.26. The van der Waals surface area contributed by atoms with Gasteiger partial charge in [-0.05, 0) is 116 Å². The van der Waals surface area contributed by atoms with Crippen molar-refractivity contribution in [1.29, 1.82) is 0 Å². The molecule has 0 heterocycles. The maximum absolute atomic E-state index is 6.28. The Balaban J connectivity index is 1.07. The van der Waals surface area contributed by atoms with Gasteiger partial charge in [-0.15, -0.1) is 0 Å². The third kappa shape index (κ3) is 14.1. The number of rotatable bonds is 17. The Bertz CT molecular complexity index is 1530. The van der Waals surface area contributed by atoms with Crippen LogP contribution in [0.1, 0.15) is 155 Å². The molecule has 0 saturated carbocycles. The van der Waals surface area contributed by atoms with Gasteiger partial charge in [0, 0.05) is 0 Å². The van der Waals surface area contributed by atoms with Crippen molar-refractivity contribution in [3.8, 4) is 23.0 Å². The van der Waals surface area contributed by atoms with E-state index in [9.17, 15) is 0 Å². The predicted molar refractivity (Wildman–Crippen MR) is 228 cm³/mol. The van der Waals surface area contributed by atoms with Gasteiger partial charge >= 0.3 is 0 Å². The second kappa shape index (κ2) is 18.6. The first kappa shape index (κ1) is 42.8. The van der Waals surface area contributed by atoms with E-state index in [4.69, 9.17) is 18.9 Å². The molecule has 4 heteroatoms. The summed E-state index contributed by atoms with van der Waals surface area (Å²) in [6.45, 7) is 29.6. The zero-order valence-electron chi connectivity index (χ0n) is 35.8. The third-order valence-electron chi connectivity index (χ3n) is 10.0. The van der Waals surface area contributed by atoms with Crippen LogP contribution in [0.5, 0.6) is 23.0 Å². The van der Waals surface area contributed by atoms with E-state index in [0.717, 1.165) is 60.2 Å². The molecule has 0 aliphatic carbocycles. The second-order valence-corrected chi connectivity index (χ2v) is 19.2. The van der Waals surface area contributed by atoms with Crippen LogP contribution >= 0.6 is 0 Å². The van der Waals surface area contributed by atoms with Gasteiger partial charge in [0.25, 0.3) is 0 Å². The summed E-state index contributed by atoms with van der Waals surface area (Å²) in [4.78, 5) is 0. The van der Waals surface area contributed by atoms with E-state index in [1.165, 1.54) is 47.9 Å². The summed E-state index contributed by atoms with van der Waals surface area (Å²) >= 11 is 0. The number of benzene rings is 4. The maximum atomic E-state index is 6.28. The molecule has 4 aromatic carbocycles. The minimum absolute atomic E-state index is 0.0671. The van der Waals surface area contributed by atoms with Gasteiger partial charge in [0.05, 0.1) is 13.2 Å². The van der Waals surface area contributed by atoms with Crippen LogP contribution in [-0.4, -0.2) is 13.2 Å². The average molecular weight is 735 g/mol. The number of unbranched alkanes of at least 4 members (excludes halogenated alkanes) is 5. The molecule has 0 fully saturated rings. The standard InChI is InChI=1S/C50H70O4/c1-47(2,3)39-29-40(48(4,5)6)32-45(31-39)53-35-37-19-23-43(24-20-37)51-27-17-15-13-14-16-18-28-52-44-25-21-38(22-26-44)36-54-46-33-41(49(7,8)9)30-42(34-46)50(10,11)12/h19-26,29-34H,13-18,27-28,35-36H2,1-12H3. The highest BCUT2D eigenvalue weighted by molar-refractivity contribution is 5.42. The first-order chi connectivity index (χ1) is 25.3. The van der Waals surface area contributed by atoms with Crippen molar-refractivity contribution < 1.29 is 18.9 Å². The van der Waals surface area contributed by atoms with Crippen molar-refractivity contribution in [2.24, 2.45) is 0 Å². The van der Waals surface area contributed by atoms with Gasteiger partial charge in [-0.25, -0.2) is 0 Å². The number of hydrogen-bond donors (Lipinski definition) is 0. The first-order valence-corrected chi connectivity index (χ1v) is 20.3. The van der Waals surface area contributed by atoms with Crippen LogP contribution in [0.15, 0.2) is 84.9 Å². The summed E-state index contributed by atoms with van der Waals surface area (Å²) < 4.78 is 24.6. The molecule has 294 valence electrons. The van der Waals surface area contributed by atoms with Gasteiger partial charge in [0.1, 0.15) is 36.2 Å².